The van der Waals surface area contributed by atoms with Crippen molar-refractivity contribution in [2.45, 2.75) is 51.4 Å². The van der Waals surface area contributed by atoms with Crippen molar-refractivity contribution in [3.63, 3.8) is 0 Å². The van der Waals surface area contributed by atoms with Crippen LogP contribution in [0, 0.1) is 5.92 Å². The van der Waals surface area contributed by atoms with E-state index in [1.54, 1.807) is 6.92 Å². The predicted octanol–water partition coefficient (Wildman–Crippen LogP) is 3.07. The van der Waals surface area contributed by atoms with Crippen LogP contribution in [0.1, 0.15) is 67.1 Å². The van der Waals surface area contributed by atoms with E-state index in [9.17, 15) is 4.79 Å². The summed E-state index contributed by atoms with van der Waals surface area (Å²) in [6, 6.07) is 0. The molecule has 0 unspecified atom stereocenters. The van der Waals surface area contributed by atoms with Crippen molar-refractivity contribution >= 4 is 5.97 Å². The molecule has 4 heteroatoms. The Labute approximate surface area is 107 Å². The van der Waals surface area contributed by atoms with E-state index in [-0.39, 0.29) is 5.97 Å². The Kier molecular flexibility index (Phi) is 3.10. The molecular formula is C14H19NO3. The normalized spacial score (nSPS) is 19.6. The van der Waals surface area contributed by atoms with Gasteiger partial charge in [-0.15, -0.1) is 0 Å². The number of carbonyl (C=O) groups is 1. The maximum absolute atomic E-state index is 11.8. The fraction of sp³-hybridized carbons (Fsp3) is 0.714. The summed E-state index contributed by atoms with van der Waals surface area (Å²) in [5.41, 5.74) is 0.836. The highest BCUT2D eigenvalue weighted by Crippen LogP contribution is 2.42. The number of ether oxygens (including phenoxy) is 1. The number of oxazole rings is 1. The maximum Gasteiger partial charge on any atom is 0.376 e. The summed E-state index contributed by atoms with van der Waals surface area (Å²) in [6.07, 6.45) is 6.93. The van der Waals surface area contributed by atoms with Gasteiger partial charge >= 0.3 is 5.97 Å². The van der Waals surface area contributed by atoms with Gasteiger partial charge in [-0.25, -0.2) is 9.78 Å². The van der Waals surface area contributed by atoms with Crippen LogP contribution in [0.25, 0.3) is 0 Å². The molecule has 4 nitrogen and oxygen atoms in total. The van der Waals surface area contributed by atoms with E-state index >= 15 is 0 Å². The zero-order valence-electron chi connectivity index (χ0n) is 10.8. The van der Waals surface area contributed by atoms with Crippen LogP contribution in [0.2, 0.25) is 0 Å². The highest BCUT2D eigenvalue weighted by atomic mass is 16.5. The summed E-state index contributed by atoms with van der Waals surface area (Å²) in [6.45, 7) is 2.18. The number of rotatable bonds is 5. The van der Waals surface area contributed by atoms with Crippen molar-refractivity contribution in [3.8, 4) is 0 Å². The third kappa shape index (κ3) is 2.28. The lowest BCUT2D eigenvalue weighted by Crippen LogP contribution is -2.13. The minimum absolute atomic E-state index is 0.355. The number of hydrogen-bond donors (Lipinski definition) is 0. The van der Waals surface area contributed by atoms with Crippen LogP contribution in [-0.2, 0) is 11.2 Å². The minimum atomic E-state index is -0.355. The highest BCUT2D eigenvalue weighted by Gasteiger charge is 2.34. The average Bonchev–Trinajstić information content (AvgIpc) is 3.05. The van der Waals surface area contributed by atoms with Gasteiger partial charge in [0.1, 0.15) is 0 Å². The predicted molar refractivity (Wildman–Crippen MR) is 65.5 cm³/mol. The van der Waals surface area contributed by atoms with Crippen LogP contribution in [0.3, 0.4) is 0 Å². The van der Waals surface area contributed by atoms with Crippen LogP contribution in [0.15, 0.2) is 4.42 Å². The molecule has 1 aromatic heterocycles. The third-order valence-corrected chi connectivity index (χ3v) is 3.81. The van der Waals surface area contributed by atoms with E-state index in [1.165, 1.54) is 19.3 Å². The molecule has 3 rings (SSSR count). The lowest BCUT2D eigenvalue weighted by atomic mass is 9.83. The van der Waals surface area contributed by atoms with Gasteiger partial charge in [0.2, 0.25) is 5.76 Å². The minimum Gasteiger partial charge on any atom is -0.460 e. The Balaban J connectivity index is 1.78. The van der Waals surface area contributed by atoms with Crippen LogP contribution in [0.5, 0.6) is 0 Å². The first-order valence-corrected chi connectivity index (χ1v) is 6.94. The summed E-state index contributed by atoms with van der Waals surface area (Å²) < 4.78 is 10.7. The second-order valence-electron chi connectivity index (χ2n) is 5.32. The van der Waals surface area contributed by atoms with Crippen LogP contribution >= 0.6 is 0 Å². The first-order valence-electron chi connectivity index (χ1n) is 6.94. The van der Waals surface area contributed by atoms with Crippen molar-refractivity contribution in [2.24, 2.45) is 5.92 Å². The van der Waals surface area contributed by atoms with Gasteiger partial charge in [-0.2, -0.15) is 0 Å². The SMILES string of the molecule is CCOC(=O)c1oc(CC2CCC2)nc1C1CC1. The Morgan fingerprint density at radius 1 is 1.39 bits per heavy atom. The van der Waals surface area contributed by atoms with E-state index in [1.807, 2.05) is 0 Å². The van der Waals surface area contributed by atoms with Crippen molar-refractivity contribution in [2.75, 3.05) is 6.61 Å². The molecule has 2 fully saturated rings. The molecule has 98 valence electrons. The molecule has 2 aliphatic carbocycles. The molecule has 0 atom stereocenters. The molecule has 0 amide bonds. The number of nitrogens with zero attached hydrogens (tertiary/aromatic N) is 1. The molecule has 1 heterocycles. The van der Waals surface area contributed by atoms with Gasteiger partial charge in [0, 0.05) is 12.3 Å². The maximum atomic E-state index is 11.8. The van der Waals surface area contributed by atoms with Gasteiger partial charge in [-0.3, -0.25) is 0 Å². The molecule has 1 aromatic rings. The summed E-state index contributed by atoms with van der Waals surface area (Å²) >= 11 is 0. The summed E-state index contributed by atoms with van der Waals surface area (Å²) in [4.78, 5) is 16.4. The van der Waals surface area contributed by atoms with Gasteiger partial charge in [0.05, 0.1) is 12.3 Å². The zero-order chi connectivity index (χ0) is 12.5. The second kappa shape index (κ2) is 4.75. The monoisotopic (exact) mass is 249 g/mol. The van der Waals surface area contributed by atoms with Crippen molar-refractivity contribution in [1.29, 1.82) is 0 Å². The molecule has 0 N–H and O–H groups in total. The molecule has 0 aliphatic heterocycles. The number of esters is 1. The van der Waals surface area contributed by atoms with Crippen molar-refractivity contribution < 1.29 is 13.9 Å². The molecule has 18 heavy (non-hydrogen) atoms. The topological polar surface area (TPSA) is 52.3 Å². The largest absolute Gasteiger partial charge is 0.460 e. The van der Waals surface area contributed by atoms with Crippen molar-refractivity contribution in [1.82, 2.24) is 4.98 Å². The highest BCUT2D eigenvalue weighted by molar-refractivity contribution is 5.87. The second-order valence-corrected chi connectivity index (χ2v) is 5.32. The van der Waals surface area contributed by atoms with Crippen LogP contribution < -0.4 is 0 Å². The van der Waals surface area contributed by atoms with Gasteiger partial charge < -0.3 is 9.15 Å². The Morgan fingerprint density at radius 3 is 2.72 bits per heavy atom. The lowest BCUT2D eigenvalue weighted by molar-refractivity contribution is 0.0485. The number of aromatic nitrogens is 1. The third-order valence-electron chi connectivity index (χ3n) is 3.81. The van der Waals surface area contributed by atoms with E-state index in [2.05, 4.69) is 4.98 Å². The van der Waals surface area contributed by atoms with Crippen molar-refractivity contribution in [3.05, 3.63) is 17.3 Å². The van der Waals surface area contributed by atoms with Crippen LogP contribution in [-0.4, -0.2) is 17.6 Å². The smallest absolute Gasteiger partial charge is 0.376 e. The molecule has 0 aromatic carbocycles. The van der Waals surface area contributed by atoms with E-state index in [0.29, 0.717) is 24.2 Å². The fourth-order valence-corrected chi connectivity index (χ4v) is 2.39. The molecular weight excluding hydrogens is 230 g/mol. The van der Waals surface area contributed by atoms with E-state index in [4.69, 9.17) is 9.15 Å². The molecule has 0 radical (unpaired) electrons. The number of hydrogen-bond acceptors (Lipinski definition) is 4. The first-order chi connectivity index (χ1) is 8.78. The van der Waals surface area contributed by atoms with E-state index in [0.717, 1.165) is 30.8 Å². The van der Waals surface area contributed by atoms with Gasteiger partial charge in [0.25, 0.3) is 0 Å². The summed E-state index contributed by atoms with van der Waals surface area (Å²) in [5.74, 6) is 1.85. The lowest BCUT2D eigenvalue weighted by Gasteiger charge is -2.23. The molecule has 0 saturated heterocycles. The fourth-order valence-electron chi connectivity index (χ4n) is 2.39. The molecule has 2 saturated carbocycles. The Bertz CT molecular complexity index is 444. The standard InChI is InChI=1S/C14H19NO3/c1-2-17-14(16)13-12(10-6-7-10)15-11(18-13)8-9-4-3-5-9/h9-10H,2-8H2,1H3. The number of carbonyl (C=O) groups excluding carboxylic acids is 1. The summed E-state index contributed by atoms with van der Waals surface area (Å²) in [5, 5.41) is 0. The van der Waals surface area contributed by atoms with Crippen LogP contribution in [0.4, 0.5) is 0 Å². The average molecular weight is 249 g/mol. The first kappa shape index (κ1) is 11.8. The van der Waals surface area contributed by atoms with E-state index < -0.39 is 0 Å². The zero-order valence-corrected chi connectivity index (χ0v) is 10.8. The quantitative estimate of drug-likeness (QED) is 0.752. The summed E-state index contributed by atoms with van der Waals surface area (Å²) in [7, 11) is 0. The van der Waals surface area contributed by atoms with Gasteiger partial charge in [-0.1, -0.05) is 6.42 Å². The Hall–Kier alpha value is -1.32. The molecule has 0 spiro atoms. The molecule has 2 aliphatic rings. The molecule has 0 bridgehead atoms. The van der Waals surface area contributed by atoms with Gasteiger partial charge in [-0.05, 0) is 38.5 Å². The van der Waals surface area contributed by atoms with Gasteiger partial charge in [0.15, 0.2) is 5.89 Å². The Morgan fingerprint density at radius 2 is 2.17 bits per heavy atom.